The largest absolute Gasteiger partial charge is 0.478 e. The van der Waals surface area contributed by atoms with Gasteiger partial charge in [-0.1, -0.05) is 0 Å². The van der Waals surface area contributed by atoms with E-state index in [4.69, 9.17) is 5.11 Å². The first-order chi connectivity index (χ1) is 8.00. The van der Waals surface area contributed by atoms with Crippen molar-refractivity contribution >= 4 is 29.7 Å². The molecule has 2 N–H and O–H groups in total. The van der Waals surface area contributed by atoms with Gasteiger partial charge in [-0.05, 0) is 12.2 Å². The van der Waals surface area contributed by atoms with Gasteiger partial charge in [-0.3, -0.25) is 10.1 Å². The molecule has 1 heterocycles. The van der Waals surface area contributed by atoms with Gasteiger partial charge in [-0.2, -0.15) is 11.8 Å². The Bertz CT molecular complexity index is 350. The van der Waals surface area contributed by atoms with Crippen molar-refractivity contribution in [3.8, 4) is 0 Å². The molecule has 0 aliphatic carbocycles. The van der Waals surface area contributed by atoms with E-state index < -0.39 is 17.9 Å². The summed E-state index contributed by atoms with van der Waals surface area (Å²) >= 11 is 1.76. The number of nitrogens with one attached hydrogen (secondary N) is 1. The predicted octanol–water partition coefficient (Wildman–Crippen LogP) is 0.301. The molecular weight excluding hydrogens is 244 g/mol. The Labute approximate surface area is 103 Å². The lowest BCUT2D eigenvalue weighted by Crippen LogP contribution is -2.45. The molecule has 1 aliphatic rings. The summed E-state index contributed by atoms with van der Waals surface area (Å²) < 4.78 is 0. The van der Waals surface area contributed by atoms with Crippen molar-refractivity contribution in [2.75, 3.05) is 18.6 Å². The molecule has 0 saturated carbocycles. The number of carboxylic acid groups (broad SMARTS) is 1. The molecule has 94 valence electrons. The number of urea groups is 1. The lowest BCUT2D eigenvalue weighted by atomic mass is 10.2. The van der Waals surface area contributed by atoms with Crippen molar-refractivity contribution < 1.29 is 19.5 Å². The number of carbonyl (C=O) groups excluding carboxylic acids is 2. The van der Waals surface area contributed by atoms with E-state index in [2.05, 4.69) is 5.32 Å². The first kappa shape index (κ1) is 13.6. The van der Waals surface area contributed by atoms with Crippen molar-refractivity contribution in [1.82, 2.24) is 10.2 Å². The van der Waals surface area contributed by atoms with E-state index in [1.165, 1.54) is 4.90 Å². The molecular formula is C10H14N2O4S. The molecule has 0 aromatic carbocycles. The number of hydrogen-bond acceptors (Lipinski definition) is 4. The molecule has 0 radical (unpaired) electrons. The third-order valence-corrected chi connectivity index (χ3v) is 3.53. The van der Waals surface area contributed by atoms with Gasteiger partial charge in [0, 0.05) is 31.0 Å². The van der Waals surface area contributed by atoms with Crippen LogP contribution in [0.5, 0.6) is 0 Å². The van der Waals surface area contributed by atoms with Crippen molar-refractivity contribution in [2.24, 2.45) is 0 Å². The molecule has 0 spiro atoms. The van der Waals surface area contributed by atoms with E-state index in [9.17, 15) is 14.4 Å². The Kier molecular flexibility index (Phi) is 5.02. The number of hydrogen-bond donors (Lipinski definition) is 2. The van der Waals surface area contributed by atoms with E-state index in [-0.39, 0.29) is 6.04 Å². The van der Waals surface area contributed by atoms with Gasteiger partial charge in [0.15, 0.2) is 0 Å². The highest BCUT2D eigenvalue weighted by Gasteiger charge is 2.24. The molecule has 0 bridgehead atoms. The molecule has 6 nitrogen and oxygen atoms in total. The lowest BCUT2D eigenvalue weighted by Gasteiger charge is -2.23. The summed E-state index contributed by atoms with van der Waals surface area (Å²) in [7, 11) is 1.63. The second-order valence-electron chi connectivity index (χ2n) is 3.59. The van der Waals surface area contributed by atoms with Crippen LogP contribution in [0.4, 0.5) is 4.79 Å². The normalized spacial score (nSPS) is 19.2. The van der Waals surface area contributed by atoms with Crippen LogP contribution < -0.4 is 5.32 Å². The van der Waals surface area contributed by atoms with Crippen molar-refractivity contribution in [1.29, 1.82) is 0 Å². The third-order valence-electron chi connectivity index (χ3n) is 2.38. The van der Waals surface area contributed by atoms with Gasteiger partial charge >= 0.3 is 12.0 Å². The molecule has 1 unspecified atom stereocenters. The van der Waals surface area contributed by atoms with Gasteiger partial charge < -0.3 is 10.0 Å². The zero-order valence-corrected chi connectivity index (χ0v) is 10.2. The number of imide groups is 1. The summed E-state index contributed by atoms with van der Waals surface area (Å²) in [5.41, 5.74) is 0. The third kappa shape index (κ3) is 4.48. The lowest BCUT2D eigenvalue weighted by molar-refractivity contribution is -0.131. The number of thioether (sulfide) groups is 1. The Morgan fingerprint density at radius 2 is 2.12 bits per heavy atom. The molecule has 1 rings (SSSR count). The summed E-state index contributed by atoms with van der Waals surface area (Å²) in [4.78, 5) is 34.4. The maximum absolute atomic E-state index is 11.6. The zero-order chi connectivity index (χ0) is 12.8. The summed E-state index contributed by atoms with van der Waals surface area (Å²) in [6.45, 7) is 0. The van der Waals surface area contributed by atoms with Crippen LogP contribution in [0.3, 0.4) is 0 Å². The van der Waals surface area contributed by atoms with Gasteiger partial charge in [-0.15, -0.1) is 0 Å². The number of carboxylic acids is 1. The fourth-order valence-corrected chi connectivity index (χ4v) is 2.64. The smallest absolute Gasteiger partial charge is 0.328 e. The Morgan fingerprint density at radius 3 is 2.65 bits per heavy atom. The molecule has 3 amide bonds. The summed E-state index contributed by atoms with van der Waals surface area (Å²) in [6, 6.07) is -0.367. The highest BCUT2D eigenvalue weighted by molar-refractivity contribution is 7.99. The van der Waals surface area contributed by atoms with Crippen LogP contribution in [-0.4, -0.2) is 52.5 Å². The molecule has 1 atom stereocenters. The monoisotopic (exact) mass is 258 g/mol. The van der Waals surface area contributed by atoms with Crippen LogP contribution >= 0.6 is 11.8 Å². The Hall–Kier alpha value is -1.50. The first-order valence-electron chi connectivity index (χ1n) is 5.07. The highest BCUT2D eigenvalue weighted by Crippen LogP contribution is 2.21. The van der Waals surface area contributed by atoms with Gasteiger partial charge in [0.2, 0.25) is 0 Å². The highest BCUT2D eigenvalue weighted by atomic mass is 32.2. The Morgan fingerprint density at radius 1 is 1.41 bits per heavy atom. The zero-order valence-electron chi connectivity index (χ0n) is 9.38. The van der Waals surface area contributed by atoms with E-state index in [0.717, 1.165) is 24.0 Å². The van der Waals surface area contributed by atoms with Crippen LogP contribution in [0.15, 0.2) is 12.2 Å². The molecule has 0 aromatic heterocycles. The number of aliphatic carboxylic acids is 1. The number of amides is 3. The van der Waals surface area contributed by atoms with Crippen LogP contribution in [0.1, 0.15) is 6.42 Å². The minimum atomic E-state index is -1.23. The second-order valence-corrected chi connectivity index (χ2v) is 4.74. The Balaban J connectivity index is 2.42. The summed E-state index contributed by atoms with van der Waals surface area (Å²) in [5, 5.41) is 10.4. The number of nitrogens with zero attached hydrogens (tertiary/aromatic N) is 1. The first-order valence-corrected chi connectivity index (χ1v) is 6.22. The molecule has 1 aliphatic heterocycles. The summed E-state index contributed by atoms with van der Waals surface area (Å²) in [5.74, 6) is -0.0823. The van der Waals surface area contributed by atoms with Crippen molar-refractivity contribution in [2.45, 2.75) is 12.5 Å². The van der Waals surface area contributed by atoms with E-state index in [0.29, 0.717) is 6.08 Å². The van der Waals surface area contributed by atoms with Gasteiger partial charge in [0.25, 0.3) is 5.91 Å². The summed E-state index contributed by atoms with van der Waals surface area (Å²) in [6.07, 6.45) is 2.42. The SMILES string of the molecule is CN(C(=O)NC(=O)/C=C/C(=O)O)C1CCSC1. The minimum absolute atomic E-state index is 0.135. The van der Waals surface area contributed by atoms with Crippen molar-refractivity contribution in [3.05, 3.63) is 12.2 Å². The van der Waals surface area contributed by atoms with Crippen LogP contribution in [0, 0.1) is 0 Å². The maximum Gasteiger partial charge on any atom is 0.328 e. The van der Waals surface area contributed by atoms with E-state index in [1.807, 2.05) is 0 Å². The molecule has 1 fully saturated rings. The van der Waals surface area contributed by atoms with Gasteiger partial charge in [0.05, 0.1) is 0 Å². The fraction of sp³-hybridized carbons (Fsp3) is 0.500. The van der Waals surface area contributed by atoms with Crippen LogP contribution in [0.2, 0.25) is 0 Å². The predicted molar refractivity (Wildman–Crippen MR) is 63.8 cm³/mol. The average Bonchev–Trinajstić information content (AvgIpc) is 2.78. The van der Waals surface area contributed by atoms with E-state index >= 15 is 0 Å². The molecule has 0 aromatic rings. The van der Waals surface area contributed by atoms with Gasteiger partial charge in [-0.25, -0.2) is 9.59 Å². The van der Waals surface area contributed by atoms with Crippen molar-refractivity contribution in [3.63, 3.8) is 0 Å². The molecule has 17 heavy (non-hydrogen) atoms. The molecule has 1 saturated heterocycles. The average molecular weight is 258 g/mol. The molecule has 7 heteroatoms. The maximum atomic E-state index is 11.6. The number of rotatable bonds is 3. The van der Waals surface area contributed by atoms with Crippen LogP contribution in [-0.2, 0) is 9.59 Å². The standard InChI is InChI=1S/C10H14N2O4S/c1-12(7-4-5-17-6-7)10(16)11-8(13)2-3-9(14)15/h2-3,7H,4-6H2,1H3,(H,14,15)(H,11,13,16)/b3-2+. The number of carbonyl (C=O) groups is 3. The fourth-order valence-electron chi connectivity index (χ4n) is 1.38. The topological polar surface area (TPSA) is 86.7 Å². The quantitative estimate of drug-likeness (QED) is 0.711. The minimum Gasteiger partial charge on any atom is -0.478 e. The van der Waals surface area contributed by atoms with Crippen LogP contribution in [0.25, 0.3) is 0 Å². The van der Waals surface area contributed by atoms with Gasteiger partial charge in [0.1, 0.15) is 0 Å². The second kappa shape index (κ2) is 6.29. The van der Waals surface area contributed by atoms with E-state index in [1.54, 1.807) is 18.8 Å².